The lowest BCUT2D eigenvalue weighted by Crippen LogP contribution is -2.17. The maximum Gasteiger partial charge on any atom is 0.0307 e. The molecule has 1 atom stereocenters. The molecule has 0 amide bonds. The van der Waals surface area contributed by atoms with Crippen LogP contribution in [-0.2, 0) is 0 Å². The normalized spacial score (nSPS) is 12.8. The molecule has 1 aromatic carbocycles. The summed E-state index contributed by atoms with van der Waals surface area (Å²) in [5, 5.41) is 3.09. The van der Waals surface area contributed by atoms with E-state index in [1.165, 1.54) is 5.56 Å². The van der Waals surface area contributed by atoms with Crippen LogP contribution in [-0.4, -0.2) is 13.6 Å². The van der Waals surface area contributed by atoms with Crippen molar-refractivity contribution >= 4 is 15.9 Å². The lowest BCUT2D eigenvalue weighted by atomic mass is 10.1. The molecule has 0 aliphatic rings. The maximum absolute atomic E-state index is 5.99. The summed E-state index contributed by atoms with van der Waals surface area (Å²) >= 11 is 3.43. The molecular weight excluding hydrogens is 228 g/mol. The number of nitrogens with one attached hydrogen (secondary N) is 1. The Bertz CT molecular complexity index is 263. The zero-order chi connectivity index (χ0) is 9.68. The molecule has 1 unspecified atom stereocenters. The number of nitrogens with two attached hydrogens (primary N) is 1. The van der Waals surface area contributed by atoms with Crippen molar-refractivity contribution in [1.29, 1.82) is 0 Å². The number of hydrogen-bond acceptors (Lipinski definition) is 2. The van der Waals surface area contributed by atoms with Crippen molar-refractivity contribution in [1.82, 2.24) is 5.32 Å². The summed E-state index contributed by atoms with van der Waals surface area (Å²) in [6, 6.07) is 8.28. The van der Waals surface area contributed by atoms with Gasteiger partial charge in [0, 0.05) is 10.5 Å². The average Bonchev–Trinajstić information content (AvgIpc) is 2.14. The van der Waals surface area contributed by atoms with Gasteiger partial charge in [-0.3, -0.25) is 0 Å². The van der Waals surface area contributed by atoms with E-state index in [-0.39, 0.29) is 6.04 Å². The Morgan fingerprint density at radius 3 is 2.92 bits per heavy atom. The van der Waals surface area contributed by atoms with Crippen LogP contribution in [0.2, 0.25) is 0 Å². The van der Waals surface area contributed by atoms with Gasteiger partial charge in [0.1, 0.15) is 0 Å². The van der Waals surface area contributed by atoms with Crippen molar-refractivity contribution in [2.45, 2.75) is 12.5 Å². The molecule has 2 nitrogen and oxygen atoms in total. The number of benzene rings is 1. The zero-order valence-corrected chi connectivity index (χ0v) is 9.34. The predicted molar refractivity (Wildman–Crippen MR) is 59.6 cm³/mol. The summed E-state index contributed by atoms with van der Waals surface area (Å²) in [5.74, 6) is 0. The fraction of sp³-hybridized carbons (Fsp3) is 0.400. The first-order valence-electron chi connectivity index (χ1n) is 4.39. The molecule has 1 aromatic rings. The molecule has 3 N–H and O–H groups in total. The van der Waals surface area contributed by atoms with Crippen molar-refractivity contribution in [2.24, 2.45) is 5.73 Å². The minimum absolute atomic E-state index is 0.130. The Balaban J connectivity index is 2.60. The first-order valence-corrected chi connectivity index (χ1v) is 5.19. The van der Waals surface area contributed by atoms with Gasteiger partial charge in [-0.15, -0.1) is 0 Å². The Kier molecular flexibility index (Phi) is 4.42. The average molecular weight is 243 g/mol. The molecule has 0 bridgehead atoms. The largest absolute Gasteiger partial charge is 0.324 e. The van der Waals surface area contributed by atoms with Crippen LogP contribution in [0, 0.1) is 0 Å². The highest BCUT2D eigenvalue weighted by Gasteiger charge is 2.04. The van der Waals surface area contributed by atoms with Gasteiger partial charge < -0.3 is 11.1 Å². The molecule has 1 rings (SSSR count). The quantitative estimate of drug-likeness (QED) is 0.849. The van der Waals surface area contributed by atoms with Gasteiger partial charge in [0.15, 0.2) is 0 Å². The SMILES string of the molecule is CNCCC(N)c1cccc(Br)c1. The van der Waals surface area contributed by atoms with E-state index < -0.39 is 0 Å². The third-order valence-electron chi connectivity index (χ3n) is 1.98. The van der Waals surface area contributed by atoms with Gasteiger partial charge in [-0.25, -0.2) is 0 Å². The lowest BCUT2D eigenvalue weighted by molar-refractivity contribution is 0.615. The Labute approximate surface area is 87.6 Å². The van der Waals surface area contributed by atoms with Crippen LogP contribution >= 0.6 is 15.9 Å². The highest BCUT2D eigenvalue weighted by atomic mass is 79.9. The molecule has 0 heterocycles. The second-order valence-electron chi connectivity index (χ2n) is 3.05. The van der Waals surface area contributed by atoms with Gasteiger partial charge in [-0.1, -0.05) is 28.1 Å². The van der Waals surface area contributed by atoms with Crippen molar-refractivity contribution in [2.75, 3.05) is 13.6 Å². The van der Waals surface area contributed by atoms with Crippen molar-refractivity contribution in [3.63, 3.8) is 0 Å². The topological polar surface area (TPSA) is 38.0 Å². The molecule has 0 radical (unpaired) electrons. The molecule has 0 aromatic heterocycles. The zero-order valence-electron chi connectivity index (χ0n) is 7.76. The maximum atomic E-state index is 5.99. The highest BCUT2D eigenvalue weighted by molar-refractivity contribution is 9.10. The highest BCUT2D eigenvalue weighted by Crippen LogP contribution is 2.18. The summed E-state index contributed by atoms with van der Waals surface area (Å²) < 4.78 is 1.09. The standard InChI is InChI=1S/C10H15BrN2/c1-13-6-5-10(12)8-3-2-4-9(11)7-8/h2-4,7,10,13H,5-6,12H2,1H3. The Morgan fingerprint density at radius 2 is 2.31 bits per heavy atom. The second-order valence-corrected chi connectivity index (χ2v) is 3.97. The first-order chi connectivity index (χ1) is 6.24. The third kappa shape index (κ3) is 3.46. The monoisotopic (exact) mass is 242 g/mol. The summed E-state index contributed by atoms with van der Waals surface area (Å²) in [7, 11) is 1.94. The minimum atomic E-state index is 0.130. The van der Waals surface area contributed by atoms with E-state index in [0.29, 0.717) is 0 Å². The predicted octanol–water partition coefficient (Wildman–Crippen LogP) is 2.06. The van der Waals surface area contributed by atoms with Crippen LogP contribution in [0.5, 0.6) is 0 Å². The van der Waals surface area contributed by atoms with Gasteiger partial charge in [0.25, 0.3) is 0 Å². The van der Waals surface area contributed by atoms with Crippen LogP contribution in [0.1, 0.15) is 18.0 Å². The van der Waals surface area contributed by atoms with E-state index in [2.05, 4.69) is 33.4 Å². The lowest BCUT2D eigenvalue weighted by Gasteiger charge is -2.11. The first kappa shape index (κ1) is 10.7. The minimum Gasteiger partial charge on any atom is -0.324 e. The van der Waals surface area contributed by atoms with E-state index >= 15 is 0 Å². The third-order valence-corrected chi connectivity index (χ3v) is 2.48. The van der Waals surface area contributed by atoms with Gasteiger partial charge >= 0.3 is 0 Å². The molecule has 0 spiro atoms. The molecule has 0 saturated carbocycles. The summed E-state index contributed by atoms with van der Waals surface area (Å²) in [5.41, 5.74) is 7.17. The molecule has 72 valence electrons. The fourth-order valence-electron chi connectivity index (χ4n) is 1.20. The van der Waals surface area contributed by atoms with E-state index in [0.717, 1.165) is 17.4 Å². The Morgan fingerprint density at radius 1 is 1.54 bits per heavy atom. The van der Waals surface area contributed by atoms with Crippen LogP contribution in [0.15, 0.2) is 28.7 Å². The molecule has 0 fully saturated rings. The number of rotatable bonds is 4. The van der Waals surface area contributed by atoms with Gasteiger partial charge in [0.05, 0.1) is 0 Å². The summed E-state index contributed by atoms with van der Waals surface area (Å²) in [6.07, 6.45) is 0.965. The molecule has 13 heavy (non-hydrogen) atoms. The summed E-state index contributed by atoms with van der Waals surface area (Å²) in [6.45, 7) is 0.952. The van der Waals surface area contributed by atoms with Crippen molar-refractivity contribution in [3.05, 3.63) is 34.3 Å². The smallest absolute Gasteiger partial charge is 0.0307 e. The fourth-order valence-corrected chi connectivity index (χ4v) is 1.62. The van der Waals surface area contributed by atoms with E-state index in [1.54, 1.807) is 0 Å². The molecule has 0 saturated heterocycles. The molecular formula is C10H15BrN2. The van der Waals surface area contributed by atoms with Crippen LogP contribution in [0.25, 0.3) is 0 Å². The second kappa shape index (κ2) is 5.37. The summed E-state index contributed by atoms with van der Waals surface area (Å²) in [4.78, 5) is 0. The number of hydrogen-bond donors (Lipinski definition) is 2. The van der Waals surface area contributed by atoms with E-state index in [1.807, 2.05) is 19.2 Å². The van der Waals surface area contributed by atoms with Gasteiger partial charge in [-0.2, -0.15) is 0 Å². The van der Waals surface area contributed by atoms with Gasteiger partial charge in [0.2, 0.25) is 0 Å². The van der Waals surface area contributed by atoms with Crippen molar-refractivity contribution < 1.29 is 0 Å². The van der Waals surface area contributed by atoms with E-state index in [4.69, 9.17) is 5.73 Å². The van der Waals surface area contributed by atoms with Crippen LogP contribution < -0.4 is 11.1 Å². The van der Waals surface area contributed by atoms with E-state index in [9.17, 15) is 0 Å². The Hall–Kier alpha value is -0.380. The molecule has 3 heteroatoms. The number of halogens is 1. The molecule has 0 aliphatic heterocycles. The van der Waals surface area contributed by atoms with Crippen LogP contribution in [0.3, 0.4) is 0 Å². The van der Waals surface area contributed by atoms with Crippen LogP contribution in [0.4, 0.5) is 0 Å². The van der Waals surface area contributed by atoms with Gasteiger partial charge in [-0.05, 0) is 37.7 Å². The van der Waals surface area contributed by atoms with Crippen molar-refractivity contribution in [3.8, 4) is 0 Å². The molecule has 0 aliphatic carbocycles.